The number of nitrogens with one attached hydrogen (secondary N) is 1. The van der Waals surface area contributed by atoms with Gasteiger partial charge in [-0.1, -0.05) is 11.3 Å². The molecule has 15 heteroatoms. The Bertz CT molecular complexity index is 1620. The third kappa shape index (κ3) is 4.73. The fourth-order valence-electron chi connectivity index (χ4n) is 6.07. The van der Waals surface area contributed by atoms with Crippen molar-refractivity contribution in [3.63, 3.8) is 0 Å². The molecular formula is C26H31F3N6O4S2. The topological polar surface area (TPSA) is 122 Å². The summed E-state index contributed by atoms with van der Waals surface area (Å²) in [7, 11) is -3.96. The summed E-state index contributed by atoms with van der Waals surface area (Å²) in [6.07, 6.45) is 0.387. The zero-order valence-electron chi connectivity index (χ0n) is 22.6. The molecule has 4 fully saturated rings. The Morgan fingerprint density at radius 1 is 1.17 bits per heavy atom. The van der Waals surface area contributed by atoms with E-state index in [0.29, 0.717) is 66.6 Å². The van der Waals surface area contributed by atoms with Gasteiger partial charge in [0.25, 0.3) is 0 Å². The first-order valence-electron chi connectivity index (χ1n) is 13.8. The predicted octanol–water partition coefficient (Wildman–Crippen LogP) is 3.95. The van der Waals surface area contributed by atoms with E-state index >= 15 is 0 Å². The maximum Gasteiger partial charge on any atom is 0.445 e. The number of aromatic nitrogens is 4. The van der Waals surface area contributed by atoms with Gasteiger partial charge in [0.1, 0.15) is 10.6 Å². The van der Waals surface area contributed by atoms with Crippen LogP contribution in [0.2, 0.25) is 0 Å². The Kier molecular flexibility index (Phi) is 6.09. The fraction of sp³-hybridized carbons (Fsp3) is 0.654. The van der Waals surface area contributed by atoms with Crippen LogP contribution < -0.4 is 9.62 Å². The van der Waals surface area contributed by atoms with Crippen LogP contribution in [0.5, 0.6) is 0 Å². The summed E-state index contributed by atoms with van der Waals surface area (Å²) in [4.78, 5) is 6.98. The molecule has 2 saturated heterocycles. The Hall–Kier alpha value is -2.33. The van der Waals surface area contributed by atoms with E-state index in [4.69, 9.17) is 9.72 Å². The van der Waals surface area contributed by atoms with Gasteiger partial charge in [-0.15, -0.1) is 10.2 Å². The highest BCUT2D eigenvalue weighted by Gasteiger charge is 2.49. The monoisotopic (exact) mass is 612 g/mol. The third-order valence-electron chi connectivity index (χ3n) is 9.03. The summed E-state index contributed by atoms with van der Waals surface area (Å²) in [5.74, 6) is 0.0523. The number of pyridine rings is 1. The van der Waals surface area contributed by atoms with E-state index in [1.165, 1.54) is 6.20 Å². The maximum atomic E-state index is 13.6. The fourth-order valence-corrected chi connectivity index (χ4v) is 8.31. The summed E-state index contributed by atoms with van der Waals surface area (Å²) in [5, 5.41) is 17.1. The highest BCUT2D eigenvalue weighted by molar-refractivity contribution is 7.89. The first kappa shape index (κ1) is 27.5. The van der Waals surface area contributed by atoms with E-state index < -0.39 is 32.9 Å². The number of nitrogens with zero attached hydrogens (tertiary/aromatic N) is 5. The van der Waals surface area contributed by atoms with Gasteiger partial charge in [-0.25, -0.2) is 18.1 Å². The van der Waals surface area contributed by atoms with Gasteiger partial charge in [-0.2, -0.15) is 13.2 Å². The SMILES string of the molecule is C[C@H]1OCC2(CCN(c3cc(S(=O)(=O)NC4(C)CC4)cn4c(-c5nnc(C(F)(F)F)s5)c(C5CC5)nc34)CC2)[C@@H]1O. The van der Waals surface area contributed by atoms with Gasteiger partial charge in [0.15, 0.2) is 10.7 Å². The van der Waals surface area contributed by atoms with Crippen LogP contribution in [0.25, 0.3) is 16.3 Å². The van der Waals surface area contributed by atoms with Crippen LogP contribution in [-0.2, 0) is 20.9 Å². The summed E-state index contributed by atoms with van der Waals surface area (Å²) < 4.78 is 77.7. The number of hydrogen-bond donors (Lipinski definition) is 2. The van der Waals surface area contributed by atoms with Gasteiger partial charge in [-0.3, -0.25) is 4.40 Å². The average Bonchev–Trinajstić information content (AvgIpc) is 3.76. The van der Waals surface area contributed by atoms with E-state index in [0.717, 1.165) is 25.7 Å². The zero-order valence-corrected chi connectivity index (χ0v) is 24.2. The van der Waals surface area contributed by atoms with Crippen molar-refractivity contribution < 1.29 is 31.4 Å². The molecule has 41 heavy (non-hydrogen) atoms. The number of imidazole rings is 1. The summed E-state index contributed by atoms with van der Waals surface area (Å²) in [5.41, 5.74) is 1.13. The molecule has 3 aromatic rings. The Morgan fingerprint density at radius 3 is 2.44 bits per heavy atom. The zero-order chi connectivity index (χ0) is 28.9. The van der Waals surface area contributed by atoms with Gasteiger partial charge >= 0.3 is 6.18 Å². The second kappa shape index (κ2) is 9.09. The normalized spacial score (nSPS) is 25.9. The highest BCUT2D eigenvalue weighted by Crippen LogP contribution is 2.48. The number of piperidine rings is 1. The van der Waals surface area contributed by atoms with Gasteiger partial charge in [-0.05, 0) is 58.4 Å². The molecule has 5 heterocycles. The highest BCUT2D eigenvalue weighted by atomic mass is 32.2. The van der Waals surface area contributed by atoms with Crippen molar-refractivity contribution in [2.75, 3.05) is 24.6 Å². The van der Waals surface area contributed by atoms with Crippen LogP contribution in [-0.4, -0.2) is 70.5 Å². The van der Waals surface area contributed by atoms with Crippen molar-refractivity contribution in [1.29, 1.82) is 0 Å². The quantitative estimate of drug-likeness (QED) is 0.430. The lowest BCUT2D eigenvalue weighted by Crippen LogP contribution is -2.47. The molecule has 2 atom stereocenters. The van der Waals surface area contributed by atoms with Crippen molar-refractivity contribution in [3.05, 3.63) is 23.0 Å². The lowest BCUT2D eigenvalue weighted by Gasteiger charge is -2.41. The van der Waals surface area contributed by atoms with Crippen LogP contribution in [0.1, 0.15) is 69.0 Å². The Balaban J connectivity index is 1.36. The van der Waals surface area contributed by atoms with Crippen LogP contribution in [0.4, 0.5) is 18.9 Å². The number of hydrogen-bond acceptors (Lipinski definition) is 9. The molecule has 4 aliphatic rings. The molecule has 1 spiro atoms. The Morgan fingerprint density at radius 2 is 1.88 bits per heavy atom. The minimum Gasteiger partial charge on any atom is -0.390 e. The molecule has 3 aromatic heterocycles. The van der Waals surface area contributed by atoms with Gasteiger partial charge < -0.3 is 14.7 Å². The van der Waals surface area contributed by atoms with Crippen molar-refractivity contribution in [2.24, 2.45) is 5.41 Å². The molecule has 0 radical (unpaired) electrons. The van der Waals surface area contributed by atoms with E-state index in [1.54, 1.807) is 10.5 Å². The van der Waals surface area contributed by atoms with Gasteiger partial charge in [0, 0.05) is 36.2 Å². The first-order chi connectivity index (χ1) is 19.3. The molecule has 0 amide bonds. The lowest BCUT2D eigenvalue weighted by atomic mass is 9.74. The molecule has 0 unspecified atom stereocenters. The van der Waals surface area contributed by atoms with E-state index in [2.05, 4.69) is 19.8 Å². The van der Waals surface area contributed by atoms with E-state index in [-0.39, 0.29) is 27.3 Å². The largest absolute Gasteiger partial charge is 0.445 e. The molecule has 2 saturated carbocycles. The van der Waals surface area contributed by atoms with E-state index in [1.807, 2.05) is 13.8 Å². The van der Waals surface area contributed by atoms with Crippen LogP contribution >= 0.6 is 11.3 Å². The number of rotatable bonds is 6. The molecule has 2 aliphatic heterocycles. The molecule has 0 aromatic carbocycles. The second-order valence-corrected chi connectivity index (χ2v) is 14.9. The number of aliphatic hydroxyl groups is 1. The van der Waals surface area contributed by atoms with Crippen LogP contribution in [0.15, 0.2) is 17.2 Å². The molecular weight excluding hydrogens is 581 g/mol. The van der Waals surface area contributed by atoms with E-state index in [9.17, 15) is 26.7 Å². The van der Waals surface area contributed by atoms with Crippen molar-refractivity contribution in [1.82, 2.24) is 24.3 Å². The number of fused-ring (bicyclic) bond motifs is 1. The molecule has 0 bridgehead atoms. The number of alkyl halides is 3. The second-order valence-electron chi connectivity index (χ2n) is 12.3. The summed E-state index contributed by atoms with van der Waals surface area (Å²) in [6.45, 7) is 5.25. The smallest absolute Gasteiger partial charge is 0.390 e. The predicted molar refractivity (Wildman–Crippen MR) is 144 cm³/mol. The minimum atomic E-state index is -4.64. The number of halogens is 3. The molecule has 2 N–H and O–H groups in total. The molecule has 2 aliphatic carbocycles. The van der Waals surface area contributed by atoms with Gasteiger partial charge in [0.05, 0.1) is 30.2 Å². The standard InChI is InChI=1S/C26H31F3N6O4S2/c1-14-20(36)25(13-39-14)7-9-34(10-8-25)17-11-16(41(37,38)33-24(2)5-6-24)12-35-19(18(15-3-4-15)30-21(17)35)22-31-32-23(40-22)26(27,28)29/h11-12,14-15,20,33,36H,3-10,13H2,1-2H3/t14-,20-/m1/s1. The number of ether oxygens (including phenoxy) is 1. The molecule has 222 valence electrons. The number of anilines is 1. The van der Waals surface area contributed by atoms with Gasteiger partial charge in [0.2, 0.25) is 15.0 Å². The third-order valence-corrected chi connectivity index (χ3v) is 11.6. The lowest BCUT2D eigenvalue weighted by molar-refractivity contribution is -0.138. The van der Waals surface area contributed by atoms with Crippen molar-refractivity contribution in [3.8, 4) is 10.7 Å². The summed E-state index contributed by atoms with van der Waals surface area (Å²) >= 11 is 0.431. The van der Waals surface area contributed by atoms with Crippen LogP contribution in [0.3, 0.4) is 0 Å². The van der Waals surface area contributed by atoms with Crippen molar-refractivity contribution >= 4 is 32.7 Å². The molecule has 10 nitrogen and oxygen atoms in total. The number of aliphatic hydroxyl groups excluding tert-OH is 1. The van der Waals surface area contributed by atoms with Crippen LogP contribution in [0, 0.1) is 5.41 Å². The molecule has 7 rings (SSSR count). The minimum absolute atomic E-state index is 0.00725. The first-order valence-corrected chi connectivity index (χ1v) is 16.1. The summed E-state index contributed by atoms with van der Waals surface area (Å²) in [6, 6.07) is 1.61. The average molecular weight is 613 g/mol. The Labute approximate surface area is 239 Å². The van der Waals surface area contributed by atoms with Crippen molar-refractivity contribution in [2.45, 2.75) is 87.1 Å². The number of sulfonamides is 1. The maximum absolute atomic E-state index is 13.6.